The quantitative estimate of drug-likeness (QED) is 0.499. The normalized spacial score (nSPS) is 14.2. The Morgan fingerprint density at radius 1 is 1.50 bits per heavy atom. The molecule has 0 saturated carbocycles. The number of carbonyl (C=O) groups excluding carboxylic acids is 1. The predicted octanol–water partition coefficient (Wildman–Crippen LogP) is -0.280. The number of methoxy groups -OCH3 is 1. The minimum absolute atomic E-state index is 0.133. The zero-order chi connectivity index (χ0) is 12.6. The average molecular weight is 232 g/mol. The Balaban J connectivity index is 4.02. The number of carboxylic acids is 1. The zero-order valence-electron chi connectivity index (χ0n) is 9.73. The monoisotopic (exact) mass is 232 g/mol. The fourth-order valence-corrected chi connectivity index (χ4v) is 1.23. The van der Waals surface area contributed by atoms with Crippen LogP contribution in [-0.2, 0) is 14.3 Å². The summed E-state index contributed by atoms with van der Waals surface area (Å²) in [5.41, 5.74) is 5.44. The summed E-state index contributed by atoms with van der Waals surface area (Å²) in [5, 5.41) is 11.3. The first-order valence-corrected chi connectivity index (χ1v) is 5.24. The molecule has 2 atom stereocenters. The lowest BCUT2D eigenvalue weighted by atomic mass is 10.1. The fraction of sp³-hybridized carbons (Fsp3) is 0.800. The van der Waals surface area contributed by atoms with E-state index in [4.69, 9.17) is 15.6 Å². The number of aliphatic carboxylic acids is 1. The van der Waals surface area contributed by atoms with Crippen LogP contribution in [0.15, 0.2) is 0 Å². The first kappa shape index (κ1) is 14.9. The van der Waals surface area contributed by atoms with Crippen molar-refractivity contribution in [3.05, 3.63) is 0 Å². The highest BCUT2D eigenvalue weighted by molar-refractivity contribution is 5.83. The van der Waals surface area contributed by atoms with Gasteiger partial charge in [-0.3, -0.25) is 4.79 Å². The molecule has 16 heavy (non-hydrogen) atoms. The summed E-state index contributed by atoms with van der Waals surface area (Å²) in [5.74, 6) is -1.37. The molecule has 0 heterocycles. The molecule has 0 aromatic heterocycles. The summed E-state index contributed by atoms with van der Waals surface area (Å²) in [4.78, 5) is 22.1. The summed E-state index contributed by atoms with van der Waals surface area (Å²) >= 11 is 0. The van der Waals surface area contributed by atoms with Gasteiger partial charge in [-0.25, -0.2) is 4.79 Å². The number of ether oxygens (including phenoxy) is 1. The van der Waals surface area contributed by atoms with Gasteiger partial charge < -0.3 is 20.9 Å². The van der Waals surface area contributed by atoms with Crippen molar-refractivity contribution in [2.75, 3.05) is 13.7 Å². The molecule has 4 N–H and O–H groups in total. The number of rotatable bonds is 8. The number of nitrogens with two attached hydrogens (primary N) is 1. The maximum Gasteiger partial charge on any atom is 0.326 e. The molecule has 0 bridgehead atoms. The summed E-state index contributed by atoms with van der Waals surface area (Å²) in [6.07, 6.45) is 1.08. The van der Waals surface area contributed by atoms with Crippen LogP contribution in [0.25, 0.3) is 0 Å². The van der Waals surface area contributed by atoms with E-state index in [1.807, 2.05) is 0 Å². The predicted molar refractivity (Wildman–Crippen MR) is 58.9 cm³/mol. The van der Waals surface area contributed by atoms with Crippen molar-refractivity contribution in [1.82, 2.24) is 5.32 Å². The van der Waals surface area contributed by atoms with Crippen LogP contribution >= 0.6 is 0 Å². The maximum absolute atomic E-state index is 11.3. The van der Waals surface area contributed by atoms with Crippen LogP contribution in [0, 0.1) is 0 Å². The van der Waals surface area contributed by atoms with E-state index in [0.29, 0.717) is 19.4 Å². The van der Waals surface area contributed by atoms with Crippen LogP contribution < -0.4 is 11.1 Å². The van der Waals surface area contributed by atoms with E-state index in [-0.39, 0.29) is 18.4 Å². The van der Waals surface area contributed by atoms with E-state index in [0.717, 1.165) is 0 Å². The minimum atomic E-state index is -1.03. The molecule has 0 radical (unpaired) electrons. The SMILES string of the molecule is COCCCC(NC(=O)CC(C)N)C(=O)O. The molecular formula is C10H20N2O4. The molecule has 0 fully saturated rings. The van der Waals surface area contributed by atoms with Crippen LogP contribution in [0.1, 0.15) is 26.2 Å². The van der Waals surface area contributed by atoms with Crippen molar-refractivity contribution >= 4 is 11.9 Å². The van der Waals surface area contributed by atoms with Crippen LogP contribution in [-0.4, -0.2) is 42.8 Å². The van der Waals surface area contributed by atoms with E-state index in [1.165, 1.54) is 0 Å². The Kier molecular flexibility index (Phi) is 7.49. The Hall–Kier alpha value is -1.14. The van der Waals surface area contributed by atoms with Crippen molar-refractivity contribution in [1.29, 1.82) is 0 Å². The molecule has 0 aromatic carbocycles. The number of carbonyl (C=O) groups is 2. The summed E-state index contributed by atoms with van der Waals surface area (Å²) in [6, 6.07) is -1.13. The lowest BCUT2D eigenvalue weighted by Crippen LogP contribution is -2.42. The van der Waals surface area contributed by atoms with Crippen molar-refractivity contribution in [2.24, 2.45) is 5.73 Å². The van der Waals surface area contributed by atoms with E-state index in [1.54, 1.807) is 14.0 Å². The van der Waals surface area contributed by atoms with Crippen molar-refractivity contribution in [3.8, 4) is 0 Å². The van der Waals surface area contributed by atoms with E-state index in [2.05, 4.69) is 5.32 Å². The van der Waals surface area contributed by atoms with Gasteiger partial charge in [0.05, 0.1) is 0 Å². The first-order chi connectivity index (χ1) is 7.47. The summed E-state index contributed by atoms with van der Waals surface area (Å²) in [6.45, 7) is 2.17. The van der Waals surface area contributed by atoms with Gasteiger partial charge in [-0.2, -0.15) is 0 Å². The number of nitrogens with one attached hydrogen (secondary N) is 1. The van der Waals surface area contributed by atoms with Gasteiger partial charge in [0.15, 0.2) is 0 Å². The van der Waals surface area contributed by atoms with Gasteiger partial charge in [0, 0.05) is 26.2 Å². The second-order valence-electron chi connectivity index (χ2n) is 3.77. The highest BCUT2D eigenvalue weighted by atomic mass is 16.5. The third-order valence-electron chi connectivity index (χ3n) is 1.98. The maximum atomic E-state index is 11.3. The van der Waals surface area contributed by atoms with Gasteiger partial charge in [-0.1, -0.05) is 0 Å². The molecular weight excluding hydrogens is 212 g/mol. The molecule has 0 aliphatic rings. The molecule has 0 spiro atoms. The Labute approximate surface area is 95.1 Å². The summed E-state index contributed by atoms with van der Waals surface area (Å²) < 4.78 is 4.82. The molecule has 0 rings (SSSR count). The highest BCUT2D eigenvalue weighted by Gasteiger charge is 2.19. The van der Waals surface area contributed by atoms with E-state index >= 15 is 0 Å². The van der Waals surface area contributed by atoms with Gasteiger partial charge in [0.25, 0.3) is 0 Å². The smallest absolute Gasteiger partial charge is 0.326 e. The molecule has 94 valence electrons. The van der Waals surface area contributed by atoms with Gasteiger partial charge >= 0.3 is 5.97 Å². The van der Waals surface area contributed by atoms with E-state index < -0.39 is 12.0 Å². The number of hydrogen-bond acceptors (Lipinski definition) is 4. The van der Waals surface area contributed by atoms with Gasteiger partial charge in [-0.05, 0) is 19.8 Å². The average Bonchev–Trinajstić information content (AvgIpc) is 2.15. The van der Waals surface area contributed by atoms with Crippen LogP contribution in [0.3, 0.4) is 0 Å². The van der Waals surface area contributed by atoms with Crippen molar-refractivity contribution in [2.45, 2.75) is 38.3 Å². The largest absolute Gasteiger partial charge is 0.480 e. The Morgan fingerprint density at radius 2 is 2.12 bits per heavy atom. The second kappa shape index (κ2) is 8.06. The topological polar surface area (TPSA) is 102 Å². The van der Waals surface area contributed by atoms with Crippen LogP contribution in [0.4, 0.5) is 0 Å². The molecule has 0 aliphatic heterocycles. The second-order valence-corrected chi connectivity index (χ2v) is 3.77. The fourth-order valence-electron chi connectivity index (χ4n) is 1.23. The number of amides is 1. The van der Waals surface area contributed by atoms with E-state index in [9.17, 15) is 9.59 Å². The van der Waals surface area contributed by atoms with Crippen molar-refractivity contribution < 1.29 is 19.4 Å². The number of hydrogen-bond donors (Lipinski definition) is 3. The third kappa shape index (κ3) is 7.19. The molecule has 0 aliphatic carbocycles. The minimum Gasteiger partial charge on any atom is -0.480 e. The molecule has 0 saturated heterocycles. The highest BCUT2D eigenvalue weighted by Crippen LogP contribution is 1.99. The van der Waals surface area contributed by atoms with Gasteiger partial charge in [-0.15, -0.1) is 0 Å². The molecule has 0 aromatic rings. The zero-order valence-corrected chi connectivity index (χ0v) is 9.73. The van der Waals surface area contributed by atoms with Gasteiger partial charge in [0.1, 0.15) is 6.04 Å². The van der Waals surface area contributed by atoms with Crippen LogP contribution in [0.5, 0.6) is 0 Å². The van der Waals surface area contributed by atoms with Crippen molar-refractivity contribution in [3.63, 3.8) is 0 Å². The standard InChI is InChI=1S/C10H20N2O4/c1-7(11)6-9(13)12-8(10(14)15)4-3-5-16-2/h7-8H,3-6,11H2,1-2H3,(H,12,13)(H,14,15). The molecule has 1 amide bonds. The van der Waals surface area contributed by atoms with Crippen LogP contribution in [0.2, 0.25) is 0 Å². The Bertz CT molecular complexity index is 231. The van der Waals surface area contributed by atoms with Gasteiger partial charge in [0.2, 0.25) is 5.91 Å². The lowest BCUT2D eigenvalue weighted by Gasteiger charge is -2.15. The number of carboxylic acid groups (broad SMARTS) is 1. The third-order valence-corrected chi connectivity index (χ3v) is 1.98. The first-order valence-electron chi connectivity index (χ1n) is 5.24. The summed E-state index contributed by atoms with van der Waals surface area (Å²) in [7, 11) is 1.55. The lowest BCUT2D eigenvalue weighted by molar-refractivity contribution is -0.142. The molecule has 6 heteroatoms. The molecule has 6 nitrogen and oxygen atoms in total. The Morgan fingerprint density at radius 3 is 2.56 bits per heavy atom. The molecule has 2 unspecified atom stereocenters.